The number of fused-ring (bicyclic) bond motifs is 1. The number of nitrogens with zero attached hydrogens (tertiary/aromatic N) is 4. The van der Waals surface area contributed by atoms with E-state index in [9.17, 15) is 4.39 Å². The zero-order valence-electron chi connectivity index (χ0n) is 11.4. The summed E-state index contributed by atoms with van der Waals surface area (Å²) < 4.78 is 17.5. The minimum absolute atomic E-state index is 0.0850. The van der Waals surface area contributed by atoms with Crippen LogP contribution < -0.4 is 0 Å². The number of hydrogen-bond donors (Lipinski definition) is 0. The first-order valence-corrected chi connectivity index (χ1v) is 7.37. The number of halogens is 3. The molecule has 0 aliphatic heterocycles. The molecular formula is C14H13Cl2FN4. The molecule has 3 aromatic rings. The molecule has 4 nitrogen and oxygen atoms in total. The molecule has 0 saturated heterocycles. The molecule has 3 rings (SSSR count). The van der Waals surface area contributed by atoms with Gasteiger partial charge < -0.3 is 9.13 Å². The average Bonchev–Trinajstić information content (AvgIpc) is 3.01. The quantitative estimate of drug-likeness (QED) is 0.687. The SMILES string of the molecule is Cn1ccnc1CCn1c(CCl)nc2cc(F)c(Cl)cc21. The first-order valence-electron chi connectivity index (χ1n) is 6.46. The van der Waals surface area contributed by atoms with Crippen LogP contribution in [-0.4, -0.2) is 19.1 Å². The summed E-state index contributed by atoms with van der Waals surface area (Å²) in [6.07, 6.45) is 4.39. The summed E-state index contributed by atoms with van der Waals surface area (Å²) in [5.41, 5.74) is 1.35. The molecule has 0 bridgehead atoms. The number of rotatable bonds is 4. The van der Waals surface area contributed by atoms with Gasteiger partial charge in [-0.25, -0.2) is 14.4 Å². The van der Waals surface area contributed by atoms with Crippen LogP contribution in [0.4, 0.5) is 4.39 Å². The van der Waals surface area contributed by atoms with Gasteiger partial charge in [-0.1, -0.05) is 11.6 Å². The van der Waals surface area contributed by atoms with Gasteiger partial charge in [0.25, 0.3) is 0 Å². The Bertz CT molecular complexity index is 794. The van der Waals surface area contributed by atoms with E-state index < -0.39 is 5.82 Å². The van der Waals surface area contributed by atoms with E-state index in [1.807, 2.05) is 22.4 Å². The van der Waals surface area contributed by atoms with Crippen molar-refractivity contribution >= 4 is 34.2 Å². The van der Waals surface area contributed by atoms with Crippen molar-refractivity contribution < 1.29 is 4.39 Å². The third-order valence-electron chi connectivity index (χ3n) is 3.47. The lowest BCUT2D eigenvalue weighted by Crippen LogP contribution is -2.08. The molecule has 7 heteroatoms. The highest BCUT2D eigenvalue weighted by Crippen LogP contribution is 2.24. The molecule has 0 atom stereocenters. The van der Waals surface area contributed by atoms with Crippen molar-refractivity contribution in [2.45, 2.75) is 18.8 Å². The highest BCUT2D eigenvalue weighted by Gasteiger charge is 2.13. The van der Waals surface area contributed by atoms with E-state index in [0.29, 0.717) is 17.9 Å². The molecule has 1 aromatic carbocycles. The van der Waals surface area contributed by atoms with Crippen LogP contribution in [0.25, 0.3) is 11.0 Å². The van der Waals surface area contributed by atoms with Crippen LogP contribution in [0.2, 0.25) is 5.02 Å². The zero-order valence-corrected chi connectivity index (χ0v) is 12.9. The standard InChI is InChI=1S/C14H13Cl2FN4/c1-20-5-3-18-13(20)2-4-21-12-6-9(16)10(17)7-11(12)19-14(21)8-15/h3,5-7H,2,4,8H2,1H3. The molecule has 0 aliphatic carbocycles. The number of aromatic nitrogens is 4. The van der Waals surface area contributed by atoms with Gasteiger partial charge in [0.1, 0.15) is 17.5 Å². The number of imidazole rings is 2. The predicted octanol–water partition coefficient (Wildman–Crippen LogP) is 3.54. The van der Waals surface area contributed by atoms with Crippen LogP contribution in [0.15, 0.2) is 24.5 Å². The number of benzene rings is 1. The van der Waals surface area contributed by atoms with E-state index in [0.717, 1.165) is 17.8 Å². The first-order chi connectivity index (χ1) is 10.1. The molecule has 0 aliphatic rings. The molecule has 2 aromatic heterocycles. The summed E-state index contributed by atoms with van der Waals surface area (Å²) in [6.45, 7) is 0.658. The van der Waals surface area contributed by atoms with Crippen LogP contribution in [-0.2, 0) is 25.9 Å². The smallest absolute Gasteiger partial charge is 0.144 e. The normalized spacial score (nSPS) is 11.4. The number of alkyl halides is 1. The topological polar surface area (TPSA) is 35.6 Å². The molecular weight excluding hydrogens is 314 g/mol. The molecule has 21 heavy (non-hydrogen) atoms. The fourth-order valence-corrected chi connectivity index (χ4v) is 2.73. The lowest BCUT2D eigenvalue weighted by molar-refractivity contribution is 0.629. The first kappa shape index (κ1) is 14.4. The van der Waals surface area contributed by atoms with Gasteiger partial charge in [0, 0.05) is 38.5 Å². The molecule has 0 fully saturated rings. The predicted molar refractivity (Wildman–Crippen MR) is 81.2 cm³/mol. The third-order valence-corrected chi connectivity index (χ3v) is 4.00. The maximum absolute atomic E-state index is 13.5. The zero-order chi connectivity index (χ0) is 15.0. The highest BCUT2D eigenvalue weighted by molar-refractivity contribution is 6.31. The lowest BCUT2D eigenvalue weighted by atomic mass is 10.3. The molecule has 110 valence electrons. The molecule has 0 unspecified atom stereocenters. The van der Waals surface area contributed by atoms with Gasteiger partial charge in [0.05, 0.1) is 21.9 Å². The van der Waals surface area contributed by atoms with Gasteiger partial charge in [-0.05, 0) is 6.07 Å². The third kappa shape index (κ3) is 2.63. The molecule has 0 N–H and O–H groups in total. The van der Waals surface area contributed by atoms with Gasteiger partial charge in [-0.2, -0.15) is 0 Å². The van der Waals surface area contributed by atoms with Crippen LogP contribution in [0.5, 0.6) is 0 Å². The minimum atomic E-state index is -0.473. The molecule has 0 saturated carbocycles. The Morgan fingerprint density at radius 1 is 1.29 bits per heavy atom. The summed E-state index contributed by atoms with van der Waals surface area (Å²) in [7, 11) is 1.95. The van der Waals surface area contributed by atoms with Gasteiger partial charge in [0.15, 0.2) is 0 Å². The van der Waals surface area contributed by atoms with Crippen molar-refractivity contribution in [3.63, 3.8) is 0 Å². The van der Waals surface area contributed by atoms with Crippen LogP contribution >= 0.6 is 23.2 Å². The summed E-state index contributed by atoms with van der Waals surface area (Å²) in [4.78, 5) is 8.65. The van der Waals surface area contributed by atoms with Crippen molar-refractivity contribution in [2.24, 2.45) is 7.05 Å². The Hall–Kier alpha value is -1.59. The van der Waals surface area contributed by atoms with E-state index in [2.05, 4.69) is 9.97 Å². The summed E-state index contributed by atoms with van der Waals surface area (Å²) in [6, 6.07) is 2.93. The van der Waals surface area contributed by atoms with Gasteiger partial charge >= 0.3 is 0 Å². The molecule has 2 heterocycles. The van der Waals surface area contributed by atoms with Crippen LogP contribution in [0, 0.1) is 5.82 Å². The van der Waals surface area contributed by atoms with Crippen LogP contribution in [0.1, 0.15) is 11.6 Å². The minimum Gasteiger partial charge on any atom is -0.338 e. The van der Waals surface area contributed by atoms with Gasteiger partial charge in [0.2, 0.25) is 0 Å². The fourth-order valence-electron chi connectivity index (χ4n) is 2.37. The van der Waals surface area contributed by atoms with Crippen molar-refractivity contribution in [3.05, 3.63) is 47.0 Å². The Morgan fingerprint density at radius 2 is 2.10 bits per heavy atom. The van der Waals surface area contributed by atoms with E-state index >= 15 is 0 Å². The second kappa shape index (κ2) is 5.66. The lowest BCUT2D eigenvalue weighted by Gasteiger charge is -2.08. The fraction of sp³-hybridized carbons (Fsp3) is 0.286. The summed E-state index contributed by atoms with van der Waals surface area (Å²) in [5, 5.41) is 0.0850. The summed E-state index contributed by atoms with van der Waals surface area (Å²) >= 11 is 11.8. The Morgan fingerprint density at radius 3 is 2.76 bits per heavy atom. The van der Waals surface area contributed by atoms with E-state index in [1.54, 1.807) is 12.3 Å². The van der Waals surface area contributed by atoms with E-state index in [-0.39, 0.29) is 10.9 Å². The van der Waals surface area contributed by atoms with Gasteiger partial charge in [-0.3, -0.25) is 0 Å². The van der Waals surface area contributed by atoms with Crippen LogP contribution in [0.3, 0.4) is 0 Å². The monoisotopic (exact) mass is 326 g/mol. The second-order valence-electron chi connectivity index (χ2n) is 4.77. The second-order valence-corrected chi connectivity index (χ2v) is 5.45. The largest absolute Gasteiger partial charge is 0.338 e. The number of aryl methyl sites for hydroxylation is 3. The van der Waals surface area contributed by atoms with Crippen molar-refractivity contribution in [2.75, 3.05) is 0 Å². The Balaban J connectivity index is 2.00. The van der Waals surface area contributed by atoms with Gasteiger partial charge in [-0.15, -0.1) is 11.6 Å². The highest BCUT2D eigenvalue weighted by atomic mass is 35.5. The van der Waals surface area contributed by atoms with E-state index in [4.69, 9.17) is 23.2 Å². The molecule has 0 radical (unpaired) electrons. The van der Waals surface area contributed by atoms with Crippen molar-refractivity contribution in [1.29, 1.82) is 0 Å². The average molecular weight is 327 g/mol. The molecule has 0 amide bonds. The van der Waals surface area contributed by atoms with Crippen molar-refractivity contribution in [1.82, 2.24) is 19.1 Å². The summed E-state index contributed by atoms with van der Waals surface area (Å²) in [5.74, 6) is 1.45. The maximum Gasteiger partial charge on any atom is 0.144 e. The van der Waals surface area contributed by atoms with Crippen molar-refractivity contribution in [3.8, 4) is 0 Å². The maximum atomic E-state index is 13.5. The Kier molecular flexibility index (Phi) is 3.87. The Labute approximate surface area is 131 Å². The number of hydrogen-bond acceptors (Lipinski definition) is 2. The molecule has 0 spiro atoms. The van der Waals surface area contributed by atoms with E-state index in [1.165, 1.54) is 6.07 Å².